The number of rotatable bonds is 5. The van der Waals surface area contributed by atoms with Gasteiger partial charge < -0.3 is 0 Å². The molecule has 158 valence electrons. The van der Waals surface area contributed by atoms with Crippen LogP contribution in [0, 0.1) is 0 Å². The Morgan fingerprint density at radius 1 is 0.833 bits per heavy atom. The van der Waals surface area contributed by atoms with Crippen LogP contribution in [-0.2, 0) is 20.0 Å². The summed E-state index contributed by atoms with van der Waals surface area (Å²) in [5.41, 5.74) is 0.314. The van der Waals surface area contributed by atoms with Gasteiger partial charge in [-0.1, -0.05) is 36.8 Å². The van der Waals surface area contributed by atoms with Crippen LogP contribution in [0.25, 0.3) is 10.8 Å². The highest BCUT2D eigenvalue weighted by Crippen LogP contribution is 2.27. The summed E-state index contributed by atoms with van der Waals surface area (Å²) >= 11 is 0. The van der Waals surface area contributed by atoms with Crippen molar-refractivity contribution in [3.8, 4) is 0 Å². The lowest BCUT2D eigenvalue weighted by Gasteiger charge is -2.32. The van der Waals surface area contributed by atoms with Gasteiger partial charge in [0.2, 0.25) is 10.0 Å². The molecule has 0 spiro atoms. The molecular formula is C22H24N2O4S2. The van der Waals surface area contributed by atoms with Gasteiger partial charge in [-0.15, -0.1) is 0 Å². The summed E-state index contributed by atoms with van der Waals surface area (Å²) in [6.07, 6.45) is 2.73. The van der Waals surface area contributed by atoms with Gasteiger partial charge in [0.25, 0.3) is 10.0 Å². The lowest BCUT2D eigenvalue weighted by molar-refractivity contribution is 0.268. The van der Waals surface area contributed by atoms with Crippen molar-refractivity contribution in [3.63, 3.8) is 0 Å². The number of nitrogens with zero attached hydrogens (tertiary/aromatic N) is 1. The molecule has 1 unspecified atom stereocenters. The topological polar surface area (TPSA) is 83.6 Å². The third-order valence-corrected chi connectivity index (χ3v) is 8.89. The van der Waals surface area contributed by atoms with Gasteiger partial charge in [-0.05, 0) is 66.9 Å². The fraction of sp³-hybridized carbons (Fsp3) is 0.273. The fourth-order valence-electron chi connectivity index (χ4n) is 3.81. The van der Waals surface area contributed by atoms with Crippen molar-refractivity contribution < 1.29 is 16.8 Å². The summed E-state index contributed by atoms with van der Waals surface area (Å²) in [4.78, 5) is 0.324. The monoisotopic (exact) mass is 444 g/mol. The van der Waals surface area contributed by atoms with E-state index in [0.29, 0.717) is 12.2 Å². The highest BCUT2D eigenvalue weighted by Gasteiger charge is 2.30. The third-order valence-electron chi connectivity index (χ3n) is 5.49. The number of piperidine rings is 1. The first-order valence-corrected chi connectivity index (χ1v) is 12.8. The van der Waals surface area contributed by atoms with Crippen molar-refractivity contribution >= 4 is 36.5 Å². The molecule has 4 rings (SSSR count). The lowest BCUT2D eigenvalue weighted by Crippen LogP contribution is -2.41. The van der Waals surface area contributed by atoms with Gasteiger partial charge in [0.15, 0.2) is 0 Å². The highest BCUT2D eigenvalue weighted by molar-refractivity contribution is 7.92. The van der Waals surface area contributed by atoms with E-state index in [4.69, 9.17) is 0 Å². The number of nitrogens with one attached hydrogen (secondary N) is 1. The van der Waals surface area contributed by atoms with Crippen LogP contribution < -0.4 is 4.72 Å². The quantitative estimate of drug-likeness (QED) is 0.639. The van der Waals surface area contributed by atoms with Crippen LogP contribution in [0.4, 0.5) is 5.69 Å². The van der Waals surface area contributed by atoms with Crippen LogP contribution in [-0.4, -0.2) is 33.7 Å². The van der Waals surface area contributed by atoms with Crippen molar-refractivity contribution in [3.05, 3.63) is 66.7 Å². The molecule has 0 saturated carbocycles. The van der Waals surface area contributed by atoms with Gasteiger partial charge in [-0.2, -0.15) is 4.31 Å². The minimum Gasteiger partial charge on any atom is -0.280 e. The number of fused-ring (bicyclic) bond motifs is 1. The predicted octanol–water partition coefficient (Wildman–Crippen LogP) is 4.20. The van der Waals surface area contributed by atoms with Gasteiger partial charge in [0.1, 0.15) is 0 Å². The summed E-state index contributed by atoms with van der Waals surface area (Å²) in [5.74, 6) is 0. The number of hydrogen-bond donors (Lipinski definition) is 1. The first kappa shape index (κ1) is 20.8. The molecule has 0 aromatic heterocycles. The van der Waals surface area contributed by atoms with Crippen LogP contribution in [0.5, 0.6) is 0 Å². The lowest BCUT2D eigenvalue weighted by atomic mass is 10.1. The zero-order chi connectivity index (χ0) is 21.4. The molecule has 8 heteroatoms. The second-order valence-electron chi connectivity index (χ2n) is 7.60. The van der Waals surface area contributed by atoms with Gasteiger partial charge >= 0.3 is 0 Å². The standard InChI is InChI=1S/C22H24N2O4S2/c1-17-6-4-5-15-24(17)30(27,28)21-13-10-20(11-14-21)23-29(25,26)22-12-9-18-7-2-3-8-19(18)16-22/h2-3,7-14,16-17,23H,4-6,15H2,1H3. The van der Waals surface area contributed by atoms with Crippen LogP contribution in [0.2, 0.25) is 0 Å². The van der Waals surface area contributed by atoms with Gasteiger partial charge in [-0.25, -0.2) is 16.8 Å². The molecule has 0 amide bonds. The molecule has 1 atom stereocenters. The minimum absolute atomic E-state index is 0.0326. The molecule has 30 heavy (non-hydrogen) atoms. The Morgan fingerprint density at radius 3 is 2.20 bits per heavy atom. The maximum Gasteiger partial charge on any atom is 0.261 e. The first-order valence-electron chi connectivity index (χ1n) is 9.91. The Bertz CT molecular complexity index is 1270. The Morgan fingerprint density at radius 2 is 1.50 bits per heavy atom. The van der Waals surface area contributed by atoms with E-state index in [1.54, 1.807) is 18.2 Å². The zero-order valence-electron chi connectivity index (χ0n) is 16.7. The molecule has 0 radical (unpaired) electrons. The Balaban J connectivity index is 1.56. The predicted molar refractivity (Wildman–Crippen MR) is 118 cm³/mol. The summed E-state index contributed by atoms with van der Waals surface area (Å²) in [7, 11) is -7.38. The average Bonchev–Trinajstić information content (AvgIpc) is 2.73. The van der Waals surface area contributed by atoms with Gasteiger partial charge in [-0.3, -0.25) is 4.72 Å². The van der Waals surface area contributed by atoms with Crippen molar-refractivity contribution in [2.24, 2.45) is 0 Å². The van der Waals surface area contributed by atoms with Crippen LogP contribution in [0.1, 0.15) is 26.2 Å². The van der Waals surface area contributed by atoms with E-state index in [1.807, 2.05) is 31.2 Å². The van der Waals surface area contributed by atoms with Crippen molar-refractivity contribution in [2.45, 2.75) is 42.0 Å². The van der Waals surface area contributed by atoms with Crippen molar-refractivity contribution in [1.29, 1.82) is 0 Å². The van der Waals surface area contributed by atoms with Gasteiger partial charge in [0, 0.05) is 18.3 Å². The average molecular weight is 445 g/mol. The molecule has 6 nitrogen and oxygen atoms in total. The molecule has 3 aromatic carbocycles. The third kappa shape index (κ3) is 4.08. The second-order valence-corrected chi connectivity index (χ2v) is 11.2. The van der Waals surface area contributed by atoms with Gasteiger partial charge in [0.05, 0.1) is 9.79 Å². The molecule has 1 aliphatic heterocycles. The molecule has 1 fully saturated rings. The van der Waals surface area contributed by atoms with Crippen molar-refractivity contribution in [2.75, 3.05) is 11.3 Å². The van der Waals surface area contributed by atoms with E-state index in [1.165, 1.54) is 28.6 Å². The Kier molecular flexibility index (Phi) is 5.57. The number of sulfonamides is 2. The zero-order valence-corrected chi connectivity index (χ0v) is 18.3. The Hall–Kier alpha value is -2.42. The molecule has 1 saturated heterocycles. The van der Waals surface area contributed by atoms with E-state index in [2.05, 4.69) is 4.72 Å². The van der Waals surface area contributed by atoms with E-state index in [-0.39, 0.29) is 15.8 Å². The number of anilines is 1. The second kappa shape index (κ2) is 8.02. The normalized spacial score (nSPS) is 18.4. The molecule has 1 heterocycles. The van der Waals surface area contributed by atoms with Crippen molar-refractivity contribution in [1.82, 2.24) is 4.31 Å². The van der Waals surface area contributed by atoms with Crippen LogP contribution >= 0.6 is 0 Å². The van der Waals surface area contributed by atoms with E-state index in [9.17, 15) is 16.8 Å². The SMILES string of the molecule is CC1CCCCN1S(=O)(=O)c1ccc(NS(=O)(=O)c2ccc3ccccc3c2)cc1. The number of hydrogen-bond acceptors (Lipinski definition) is 4. The summed E-state index contributed by atoms with van der Waals surface area (Å²) < 4.78 is 55.5. The first-order chi connectivity index (χ1) is 14.3. The maximum absolute atomic E-state index is 12.9. The van der Waals surface area contributed by atoms with Crippen LogP contribution in [0.15, 0.2) is 76.5 Å². The Labute approximate surface area is 177 Å². The summed E-state index contributed by atoms with van der Waals surface area (Å²) in [6.45, 7) is 2.43. The minimum atomic E-state index is -3.79. The summed E-state index contributed by atoms with van der Waals surface area (Å²) in [6, 6.07) is 18.3. The van der Waals surface area contributed by atoms with E-state index >= 15 is 0 Å². The number of benzene rings is 3. The molecular weight excluding hydrogens is 420 g/mol. The molecule has 0 bridgehead atoms. The fourth-order valence-corrected chi connectivity index (χ4v) is 6.60. The molecule has 1 aliphatic rings. The van der Waals surface area contributed by atoms with E-state index in [0.717, 1.165) is 30.0 Å². The maximum atomic E-state index is 12.9. The van der Waals surface area contributed by atoms with Crippen LogP contribution in [0.3, 0.4) is 0 Å². The van der Waals surface area contributed by atoms with E-state index < -0.39 is 20.0 Å². The molecule has 0 aliphatic carbocycles. The largest absolute Gasteiger partial charge is 0.280 e. The summed E-state index contributed by atoms with van der Waals surface area (Å²) in [5, 5.41) is 1.79. The molecule has 3 aromatic rings. The molecule has 1 N–H and O–H groups in total. The smallest absolute Gasteiger partial charge is 0.261 e. The highest BCUT2D eigenvalue weighted by atomic mass is 32.2.